The lowest BCUT2D eigenvalue weighted by Crippen LogP contribution is -2.15. The SMILES string of the molecule is CC(C)CCO.Cc1cccc(Cc2ccc3[nH]cc(C(=O)O)c(=O)c3c2)c1F. The van der Waals surface area contributed by atoms with Gasteiger partial charge in [0.15, 0.2) is 0 Å². The van der Waals surface area contributed by atoms with E-state index >= 15 is 0 Å². The number of carbonyl (C=O) groups is 1. The molecule has 0 saturated heterocycles. The summed E-state index contributed by atoms with van der Waals surface area (Å²) >= 11 is 0. The van der Waals surface area contributed by atoms with Crippen LogP contribution in [0.4, 0.5) is 4.39 Å². The Hall–Kier alpha value is -2.99. The monoisotopic (exact) mass is 399 g/mol. The summed E-state index contributed by atoms with van der Waals surface area (Å²) in [5.74, 6) is -0.890. The fraction of sp³-hybridized carbons (Fsp3) is 0.304. The van der Waals surface area contributed by atoms with E-state index in [-0.39, 0.29) is 16.8 Å². The summed E-state index contributed by atoms with van der Waals surface area (Å²) in [6, 6.07) is 10.3. The number of pyridine rings is 1. The molecule has 3 aromatic rings. The van der Waals surface area contributed by atoms with Crippen molar-refractivity contribution in [3.05, 3.63) is 80.9 Å². The van der Waals surface area contributed by atoms with Crippen molar-refractivity contribution in [3.8, 4) is 0 Å². The van der Waals surface area contributed by atoms with Crippen LogP contribution in [-0.4, -0.2) is 27.8 Å². The number of hydrogen-bond donors (Lipinski definition) is 3. The van der Waals surface area contributed by atoms with Gasteiger partial charge in [-0.3, -0.25) is 4.79 Å². The van der Waals surface area contributed by atoms with E-state index in [0.29, 0.717) is 35.6 Å². The van der Waals surface area contributed by atoms with Crippen molar-refractivity contribution < 1.29 is 19.4 Å². The number of nitrogens with one attached hydrogen (secondary N) is 1. The molecule has 29 heavy (non-hydrogen) atoms. The van der Waals surface area contributed by atoms with E-state index in [9.17, 15) is 14.0 Å². The van der Waals surface area contributed by atoms with Crippen molar-refractivity contribution in [2.24, 2.45) is 5.92 Å². The number of benzene rings is 2. The normalized spacial score (nSPS) is 10.7. The van der Waals surface area contributed by atoms with E-state index in [1.165, 1.54) is 6.20 Å². The molecule has 0 amide bonds. The zero-order valence-corrected chi connectivity index (χ0v) is 16.8. The zero-order valence-electron chi connectivity index (χ0n) is 16.8. The molecule has 0 aliphatic rings. The van der Waals surface area contributed by atoms with Gasteiger partial charge in [-0.25, -0.2) is 9.18 Å². The second-order valence-corrected chi connectivity index (χ2v) is 7.35. The van der Waals surface area contributed by atoms with Crippen molar-refractivity contribution in [3.63, 3.8) is 0 Å². The highest BCUT2D eigenvalue weighted by Crippen LogP contribution is 2.18. The molecule has 1 aromatic heterocycles. The number of carboxylic acid groups (broad SMARTS) is 1. The molecular formula is C23H26FNO4. The Morgan fingerprint density at radius 1 is 1.21 bits per heavy atom. The highest BCUT2D eigenvalue weighted by atomic mass is 19.1. The minimum atomic E-state index is -1.27. The number of aryl methyl sites for hydroxylation is 1. The molecule has 0 spiro atoms. The van der Waals surface area contributed by atoms with E-state index in [0.717, 1.165) is 12.0 Å². The van der Waals surface area contributed by atoms with E-state index in [2.05, 4.69) is 18.8 Å². The number of aromatic nitrogens is 1. The van der Waals surface area contributed by atoms with Crippen molar-refractivity contribution >= 4 is 16.9 Å². The van der Waals surface area contributed by atoms with Gasteiger partial charge in [0.2, 0.25) is 5.43 Å². The topological polar surface area (TPSA) is 90.4 Å². The zero-order chi connectivity index (χ0) is 21.6. The third-order valence-corrected chi connectivity index (χ3v) is 4.55. The molecule has 3 rings (SSSR count). The van der Waals surface area contributed by atoms with Crippen LogP contribution < -0.4 is 5.43 Å². The summed E-state index contributed by atoms with van der Waals surface area (Å²) in [6.45, 7) is 6.22. The second kappa shape index (κ2) is 9.98. The maximum absolute atomic E-state index is 14.1. The van der Waals surface area contributed by atoms with Gasteiger partial charge < -0.3 is 15.2 Å². The number of halogens is 1. The number of aliphatic hydroxyl groups is 1. The summed E-state index contributed by atoms with van der Waals surface area (Å²) in [6.07, 6.45) is 2.45. The molecule has 0 saturated carbocycles. The van der Waals surface area contributed by atoms with Crippen LogP contribution in [0.1, 0.15) is 47.3 Å². The standard InChI is InChI=1S/C18H14FNO3.C5H12O/c1-10-3-2-4-12(16(10)19)7-11-5-6-15-13(8-11)17(21)14(9-20-15)18(22)23;1-5(2)3-4-6/h2-6,8-9H,7H2,1H3,(H,20,21)(H,22,23);5-6H,3-4H2,1-2H3. The van der Waals surface area contributed by atoms with Gasteiger partial charge in [0.1, 0.15) is 11.4 Å². The minimum absolute atomic E-state index is 0.263. The average molecular weight is 399 g/mol. The number of hydrogen-bond acceptors (Lipinski definition) is 3. The summed E-state index contributed by atoms with van der Waals surface area (Å²) in [4.78, 5) is 26.1. The Labute approximate surface area is 168 Å². The third-order valence-electron chi connectivity index (χ3n) is 4.55. The lowest BCUT2D eigenvalue weighted by Gasteiger charge is -2.07. The first-order valence-corrected chi connectivity index (χ1v) is 9.47. The first-order chi connectivity index (χ1) is 13.7. The molecule has 0 fully saturated rings. The van der Waals surface area contributed by atoms with E-state index in [4.69, 9.17) is 10.2 Å². The predicted molar refractivity (Wildman–Crippen MR) is 112 cm³/mol. The fourth-order valence-electron chi connectivity index (χ4n) is 2.86. The number of carboxylic acids is 1. The number of H-pyrrole nitrogens is 1. The minimum Gasteiger partial charge on any atom is -0.477 e. The molecule has 6 heteroatoms. The number of aliphatic hydroxyl groups excluding tert-OH is 1. The predicted octanol–water partition coefficient (Wildman–Crippen LogP) is 4.29. The van der Waals surface area contributed by atoms with Crippen LogP contribution in [0.3, 0.4) is 0 Å². The maximum Gasteiger partial charge on any atom is 0.341 e. The number of aromatic amines is 1. The van der Waals surface area contributed by atoms with Gasteiger partial charge in [-0.15, -0.1) is 0 Å². The average Bonchev–Trinajstić information content (AvgIpc) is 2.66. The van der Waals surface area contributed by atoms with Crippen LogP contribution >= 0.6 is 0 Å². The quantitative estimate of drug-likeness (QED) is 0.597. The summed E-state index contributed by atoms with van der Waals surface area (Å²) in [5, 5.41) is 17.6. The molecule has 1 heterocycles. The largest absolute Gasteiger partial charge is 0.477 e. The van der Waals surface area contributed by atoms with Crippen LogP contribution in [0.25, 0.3) is 10.9 Å². The molecule has 0 radical (unpaired) electrons. The molecule has 0 aliphatic heterocycles. The van der Waals surface area contributed by atoms with Gasteiger partial charge in [-0.05, 0) is 48.1 Å². The Morgan fingerprint density at radius 2 is 1.93 bits per heavy atom. The summed E-state index contributed by atoms with van der Waals surface area (Å²) in [5.41, 5.74) is 1.54. The second-order valence-electron chi connectivity index (χ2n) is 7.35. The van der Waals surface area contributed by atoms with E-state index < -0.39 is 11.4 Å². The van der Waals surface area contributed by atoms with Gasteiger partial charge in [0.05, 0.1) is 0 Å². The van der Waals surface area contributed by atoms with Crippen molar-refractivity contribution in [1.29, 1.82) is 0 Å². The third kappa shape index (κ3) is 5.74. The molecule has 5 nitrogen and oxygen atoms in total. The Bertz CT molecular complexity index is 1060. The lowest BCUT2D eigenvalue weighted by atomic mass is 10.0. The van der Waals surface area contributed by atoms with Gasteiger partial charge in [0.25, 0.3) is 0 Å². The smallest absolute Gasteiger partial charge is 0.341 e. The van der Waals surface area contributed by atoms with Crippen LogP contribution in [0.5, 0.6) is 0 Å². The highest BCUT2D eigenvalue weighted by molar-refractivity contribution is 5.92. The Balaban J connectivity index is 0.000000438. The summed E-state index contributed by atoms with van der Waals surface area (Å²) < 4.78 is 14.1. The fourth-order valence-corrected chi connectivity index (χ4v) is 2.86. The molecule has 0 bridgehead atoms. The van der Waals surface area contributed by atoms with Crippen molar-refractivity contribution in [1.82, 2.24) is 4.98 Å². The molecule has 0 atom stereocenters. The Kier molecular flexibility index (Phi) is 7.67. The van der Waals surface area contributed by atoms with Crippen LogP contribution in [0, 0.1) is 18.7 Å². The summed E-state index contributed by atoms with van der Waals surface area (Å²) in [7, 11) is 0. The first kappa shape index (κ1) is 22.3. The maximum atomic E-state index is 14.1. The molecule has 0 unspecified atom stereocenters. The number of aromatic carboxylic acids is 1. The van der Waals surface area contributed by atoms with Crippen molar-refractivity contribution in [2.75, 3.05) is 6.61 Å². The first-order valence-electron chi connectivity index (χ1n) is 9.47. The molecule has 0 aliphatic carbocycles. The van der Waals surface area contributed by atoms with Gasteiger partial charge in [-0.1, -0.05) is 38.1 Å². The van der Waals surface area contributed by atoms with Gasteiger partial charge in [0, 0.05) is 30.1 Å². The Morgan fingerprint density at radius 3 is 2.52 bits per heavy atom. The van der Waals surface area contributed by atoms with Crippen molar-refractivity contribution in [2.45, 2.75) is 33.6 Å². The molecule has 154 valence electrons. The van der Waals surface area contributed by atoms with Crippen LogP contribution in [-0.2, 0) is 6.42 Å². The number of rotatable bonds is 5. The van der Waals surface area contributed by atoms with E-state index in [1.807, 2.05) is 0 Å². The lowest BCUT2D eigenvalue weighted by molar-refractivity contribution is 0.0695. The molecular weight excluding hydrogens is 373 g/mol. The highest BCUT2D eigenvalue weighted by Gasteiger charge is 2.12. The molecule has 2 aromatic carbocycles. The van der Waals surface area contributed by atoms with Gasteiger partial charge >= 0.3 is 5.97 Å². The van der Waals surface area contributed by atoms with Crippen LogP contribution in [0.15, 0.2) is 47.4 Å². The van der Waals surface area contributed by atoms with Gasteiger partial charge in [-0.2, -0.15) is 0 Å². The molecule has 3 N–H and O–H groups in total. The van der Waals surface area contributed by atoms with Crippen LogP contribution in [0.2, 0.25) is 0 Å². The van der Waals surface area contributed by atoms with E-state index in [1.54, 1.807) is 43.3 Å². The number of fused-ring (bicyclic) bond motifs is 1.